The predicted octanol–water partition coefficient (Wildman–Crippen LogP) is 1.47. The van der Waals surface area contributed by atoms with Crippen molar-refractivity contribution in [2.24, 2.45) is 0 Å². The van der Waals surface area contributed by atoms with E-state index in [4.69, 9.17) is 9.47 Å². The summed E-state index contributed by atoms with van der Waals surface area (Å²) in [6.07, 6.45) is 0. The van der Waals surface area contributed by atoms with Gasteiger partial charge in [0.25, 0.3) is 5.91 Å². The van der Waals surface area contributed by atoms with Gasteiger partial charge < -0.3 is 14.4 Å². The molecule has 19 heavy (non-hydrogen) atoms. The molecule has 0 bridgehead atoms. The zero-order valence-corrected chi connectivity index (χ0v) is 11.1. The quantitative estimate of drug-likeness (QED) is 0.775. The van der Waals surface area contributed by atoms with Crippen LogP contribution in [0.5, 0.6) is 5.75 Å². The molecule has 0 saturated carbocycles. The van der Waals surface area contributed by atoms with E-state index < -0.39 is 12.0 Å². The van der Waals surface area contributed by atoms with Crippen LogP contribution in [0.15, 0.2) is 24.3 Å². The van der Waals surface area contributed by atoms with Crippen LogP contribution in [-0.4, -0.2) is 42.6 Å². The molecule has 1 aliphatic rings. The molecule has 0 fully saturated rings. The van der Waals surface area contributed by atoms with Crippen molar-refractivity contribution in [3.05, 3.63) is 29.8 Å². The maximum absolute atomic E-state index is 12.4. The Labute approximate surface area is 112 Å². The summed E-state index contributed by atoms with van der Waals surface area (Å²) < 4.78 is 10.5. The van der Waals surface area contributed by atoms with Crippen molar-refractivity contribution in [3.8, 4) is 5.75 Å². The number of rotatable bonds is 3. The topological polar surface area (TPSA) is 55.8 Å². The second-order valence-corrected chi connectivity index (χ2v) is 4.27. The van der Waals surface area contributed by atoms with Crippen LogP contribution in [-0.2, 0) is 9.53 Å². The number of esters is 1. The highest BCUT2D eigenvalue weighted by molar-refractivity contribution is 5.99. The summed E-state index contributed by atoms with van der Waals surface area (Å²) in [7, 11) is 0. The number of ether oxygens (including phenoxy) is 2. The van der Waals surface area contributed by atoms with Gasteiger partial charge in [0.2, 0.25) is 0 Å². The zero-order chi connectivity index (χ0) is 13.8. The molecular weight excluding hydrogens is 246 g/mol. The van der Waals surface area contributed by atoms with E-state index in [2.05, 4.69) is 0 Å². The van der Waals surface area contributed by atoms with Gasteiger partial charge in [-0.05, 0) is 26.0 Å². The van der Waals surface area contributed by atoms with E-state index >= 15 is 0 Å². The Balaban J connectivity index is 2.24. The first-order valence-corrected chi connectivity index (χ1v) is 6.34. The predicted molar refractivity (Wildman–Crippen MR) is 69.1 cm³/mol. The van der Waals surface area contributed by atoms with Gasteiger partial charge in [0.1, 0.15) is 18.4 Å². The number of carbonyl (C=O) groups is 2. The number of para-hydroxylation sites is 1. The summed E-state index contributed by atoms with van der Waals surface area (Å²) in [6.45, 7) is 4.45. The summed E-state index contributed by atoms with van der Waals surface area (Å²) >= 11 is 0. The lowest BCUT2D eigenvalue weighted by molar-refractivity contribution is -0.148. The summed E-state index contributed by atoms with van der Waals surface area (Å²) in [5, 5.41) is 0. The molecule has 1 aromatic rings. The Morgan fingerprint density at radius 1 is 1.47 bits per heavy atom. The molecule has 0 aromatic heterocycles. The number of amides is 1. The Bertz CT molecular complexity index is 486. The summed E-state index contributed by atoms with van der Waals surface area (Å²) in [6, 6.07) is 6.44. The smallest absolute Gasteiger partial charge is 0.328 e. The molecule has 1 unspecified atom stereocenters. The molecular formula is C14H17NO4. The third-order valence-electron chi connectivity index (χ3n) is 3.06. The molecule has 5 heteroatoms. The average molecular weight is 263 g/mol. The van der Waals surface area contributed by atoms with E-state index in [0.717, 1.165) is 0 Å². The normalized spacial score (nSPS) is 16.1. The van der Waals surface area contributed by atoms with Crippen LogP contribution in [0.1, 0.15) is 24.2 Å². The molecule has 2 rings (SSSR count). The Morgan fingerprint density at radius 2 is 2.21 bits per heavy atom. The highest BCUT2D eigenvalue weighted by Gasteiger charge is 2.31. The van der Waals surface area contributed by atoms with Crippen molar-refractivity contribution in [1.82, 2.24) is 4.90 Å². The SMILES string of the molecule is CCOC(=O)C(C)N1CCOc2ccccc2C1=O. The minimum absolute atomic E-state index is 0.200. The number of hydrogen-bond donors (Lipinski definition) is 0. The number of benzene rings is 1. The van der Waals surface area contributed by atoms with Crippen LogP contribution < -0.4 is 4.74 Å². The van der Waals surface area contributed by atoms with Gasteiger partial charge in [0.05, 0.1) is 18.7 Å². The second kappa shape index (κ2) is 5.73. The van der Waals surface area contributed by atoms with Crippen LogP contribution in [0.2, 0.25) is 0 Å². The standard InChI is InChI=1S/C14H17NO4/c1-3-18-14(17)10(2)15-8-9-19-12-7-5-4-6-11(12)13(15)16/h4-7,10H,3,8-9H2,1-2H3. The highest BCUT2D eigenvalue weighted by Crippen LogP contribution is 2.23. The van der Waals surface area contributed by atoms with Gasteiger partial charge in [0, 0.05) is 0 Å². The van der Waals surface area contributed by atoms with Crippen molar-refractivity contribution in [2.45, 2.75) is 19.9 Å². The van der Waals surface area contributed by atoms with E-state index in [1.807, 2.05) is 6.07 Å². The number of carbonyl (C=O) groups excluding carboxylic acids is 2. The van der Waals surface area contributed by atoms with E-state index in [1.54, 1.807) is 32.0 Å². The number of hydrogen-bond acceptors (Lipinski definition) is 4. The van der Waals surface area contributed by atoms with Gasteiger partial charge in [-0.2, -0.15) is 0 Å². The largest absolute Gasteiger partial charge is 0.491 e. The molecule has 1 aromatic carbocycles. The minimum atomic E-state index is -0.609. The van der Waals surface area contributed by atoms with E-state index in [-0.39, 0.29) is 5.91 Å². The van der Waals surface area contributed by atoms with Crippen molar-refractivity contribution in [2.75, 3.05) is 19.8 Å². The molecule has 0 aliphatic carbocycles. The van der Waals surface area contributed by atoms with Crippen molar-refractivity contribution >= 4 is 11.9 Å². The Morgan fingerprint density at radius 3 is 2.95 bits per heavy atom. The van der Waals surface area contributed by atoms with Crippen molar-refractivity contribution in [1.29, 1.82) is 0 Å². The lowest BCUT2D eigenvalue weighted by Gasteiger charge is -2.25. The Kier molecular flexibility index (Phi) is 4.04. The van der Waals surface area contributed by atoms with Crippen LogP contribution in [0, 0.1) is 0 Å². The molecule has 0 saturated heterocycles. The molecule has 1 atom stereocenters. The van der Waals surface area contributed by atoms with Gasteiger partial charge in [-0.1, -0.05) is 12.1 Å². The fourth-order valence-corrected chi connectivity index (χ4v) is 2.04. The second-order valence-electron chi connectivity index (χ2n) is 4.27. The number of nitrogens with zero attached hydrogens (tertiary/aromatic N) is 1. The van der Waals surface area contributed by atoms with Crippen molar-refractivity contribution in [3.63, 3.8) is 0 Å². The first-order chi connectivity index (χ1) is 9.15. The molecule has 1 amide bonds. The third-order valence-corrected chi connectivity index (χ3v) is 3.06. The van der Waals surface area contributed by atoms with Crippen LogP contribution in [0.4, 0.5) is 0 Å². The van der Waals surface area contributed by atoms with Gasteiger partial charge in [-0.15, -0.1) is 0 Å². The van der Waals surface area contributed by atoms with Crippen molar-refractivity contribution < 1.29 is 19.1 Å². The molecule has 5 nitrogen and oxygen atoms in total. The van der Waals surface area contributed by atoms with Gasteiger partial charge in [0.15, 0.2) is 0 Å². The lowest BCUT2D eigenvalue weighted by Crippen LogP contribution is -2.44. The first kappa shape index (κ1) is 13.4. The van der Waals surface area contributed by atoms with E-state index in [9.17, 15) is 9.59 Å². The van der Waals surface area contributed by atoms with Gasteiger partial charge in [-0.25, -0.2) is 4.79 Å². The third kappa shape index (κ3) is 2.70. The minimum Gasteiger partial charge on any atom is -0.491 e. The molecule has 1 aliphatic heterocycles. The first-order valence-electron chi connectivity index (χ1n) is 6.34. The van der Waals surface area contributed by atoms with Crippen LogP contribution in [0.3, 0.4) is 0 Å². The maximum Gasteiger partial charge on any atom is 0.328 e. The van der Waals surface area contributed by atoms with E-state index in [1.165, 1.54) is 4.90 Å². The maximum atomic E-state index is 12.4. The fraction of sp³-hybridized carbons (Fsp3) is 0.429. The fourth-order valence-electron chi connectivity index (χ4n) is 2.04. The van der Waals surface area contributed by atoms with Gasteiger partial charge >= 0.3 is 5.97 Å². The zero-order valence-electron chi connectivity index (χ0n) is 11.1. The number of fused-ring (bicyclic) bond motifs is 1. The van der Waals surface area contributed by atoms with Crippen LogP contribution >= 0.6 is 0 Å². The molecule has 0 N–H and O–H groups in total. The molecule has 0 spiro atoms. The average Bonchev–Trinajstić information content (AvgIpc) is 2.58. The van der Waals surface area contributed by atoms with E-state index in [0.29, 0.717) is 31.1 Å². The molecule has 102 valence electrons. The summed E-state index contributed by atoms with van der Waals surface area (Å²) in [5.41, 5.74) is 0.483. The monoisotopic (exact) mass is 263 g/mol. The lowest BCUT2D eigenvalue weighted by atomic mass is 10.1. The highest BCUT2D eigenvalue weighted by atomic mass is 16.5. The van der Waals surface area contributed by atoms with Crippen LogP contribution in [0.25, 0.3) is 0 Å². The summed E-state index contributed by atoms with van der Waals surface area (Å²) in [5.74, 6) is -0.0325. The van der Waals surface area contributed by atoms with Gasteiger partial charge in [-0.3, -0.25) is 4.79 Å². The summed E-state index contributed by atoms with van der Waals surface area (Å²) in [4.78, 5) is 25.7. The molecule has 1 heterocycles. The molecule has 0 radical (unpaired) electrons. The Hall–Kier alpha value is -2.04.